The number of hydrogen-bond donors (Lipinski definition) is 2. The second kappa shape index (κ2) is 9.11. The van der Waals surface area contributed by atoms with E-state index in [0.29, 0.717) is 18.5 Å². The Kier molecular flexibility index (Phi) is 6.55. The Labute approximate surface area is 177 Å². The van der Waals surface area contributed by atoms with Crippen LogP contribution in [0.1, 0.15) is 48.9 Å². The fraction of sp³-hybridized carbons (Fsp3) is 0.375. The molecule has 0 radical (unpaired) electrons. The van der Waals surface area contributed by atoms with Gasteiger partial charge in [0.2, 0.25) is 5.91 Å². The normalized spacial score (nSPS) is 11.5. The monoisotopic (exact) mass is 406 g/mol. The van der Waals surface area contributed by atoms with Crippen molar-refractivity contribution in [1.82, 2.24) is 20.2 Å². The van der Waals surface area contributed by atoms with Crippen LogP contribution >= 0.6 is 0 Å². The van der Waals surface area contributed by atoms with E-state index in [0.717, 1.165) is 28.8 Å². The standard InChI is InChI=1S/C24H30N4O2/c1-17-10-5-6-11-18(17)23(30)25-15-9-14-21-26-19-12-7-8-13-20(19)28(21)16-22(29)27-24(2,3)4/h5-8,10-13H,9,14-16H2,1-4H3,(H,25,30)(H,27,29). The molecule has 3 aromatic rings. The summed E-state index contributed by atoms with van der Waals surface area (Å²) in [4.78, 5) is 29.6. The summed E-state index contributed by atoms with van der Waals surface area (Å²) in [7, 11) is 0. The summed E-state index contributed by atoms with van der Waals surface area (Å²) in [6.45, 7) is 8.60. The number of imidazole rings is 1. The van der Waals surface area contributed by atoms with Crippen LogP contribution in [0.2, 0.25) is 0 Å². The molecule has 2 amide bonds. The van der Waals surface area contributed by atoms with Crippen molar-refractivity contribution in [2.45, 2.75) is 52.6 Å². The number of carbonyl (C=O) groups is 2. The maximum absolute atomic E-state index is 12.5. The third kappa shape index (κ3) is 5.47. The smallest absolute Gasteiger partial charge is 0.251 e. The molecule has 30 heavy (non-hydrogen) atoms. The molecule has 0 atom stereocenters. The van der Waals surface area contributed by atoms with E-state index in [1.807, 2.05) is 80.8 Å². The molecule has 0 saturated heterocycles. The van der Waals surface area contributed by atoms with E-state index in [1.165, 1.54) is 0 Å². The molecule has 0 saturated carbocycles. The van der Waals surface area contributed by atoms with Crippen molar-refractivity contribution in [3.8, 4) is 0 Å². The molecule has 0 aliphatic rings. The Bertz CT molecular complexity index is 1050. The predicted octanol–water partition coefficient (Wildman–Crippen LogP) is 3.62. The van der Waals surface area contributed by atoms with Gasteiger partial charge in [0.25, 0.3) is 5.91 Å². The van der Waals surface area contributed by atoms with Gasteiger partial charge in [-0.3, -0.25) is 9.59 Å². The van der Waals surface area contributed by atoms with E-state index >= 15 is 0 Å². The van der Waals surface area contributed by atoms with Crippen molar-refractivity contribution in [1.29, 1.82) is 0 Å². The summed E-state index contributed by atoms with van der Waals surface area (Å²) in [5.74, 6) is 0.747. The number of nitrogens with one attached hydrogen (secondary N) is 2. The second-order valence-corrected chi connectivity index (χ2v) is 8.58. The summed E-state index contributed by atoms with van der Waals surface area (Å²) in [5, 5.41) is 5.99. The molecular formula is C24H30N4O2. The third-order valence-corrected chi connectivity index (χ3v) is 4.80. The van der Waals surface area contributed by atoms with Crippen molar-refractivity contribution >= 4 is 22.8 Å². The summed E-state index contributed by atoms with van der Waals surface area (Å²) in [6, 6.07) is 15.4. The summed E-state index contributed by atoms with van der Waals surface area (Å²) in [5.41, 5.74) is 3.19. The van der Waals surface area contributed by atoms with Crippen molar-refractivity contribution in [3.63, 3.8) is 0 Å². The molecule has 6 heteroatoms. The Morgan fingerprint density at radius 1 is 1.03 bits per heavy atom. The molecule has 0 unspecified atom stereocenters. The molecule has 0 spiro atoms. The first-order valence-electron chi connectivity index (χ1n) is 10.3. The number of aromatic nitrogens is 2. The minimum Gasteiger partial charge on any atom is -0.352 e. The minimum atomic E-state index is -0.284. The molecule has 1 aromatic heterocycles. The largest absolute Gasteiger partial charge is 0.352 e. The molecule has 0 aliphatic heterocycles. The van der Waals surface area contributed by atoms with Gasteiger partial charge in [-0.15, -0.1) is 0 Å². The van der Waals surface area contributed by atoms with Gasteiger partial charge in [-0.1, -0.05) is 30.3 Å². The zero-order chi connectivity index (χ0) is 21.7. The number of fused-ring (bicyclic) bond motifs is 1. The van der Waals surface area contributed by atoms with E-state index in [4.69, 9.17) is 4.98 Å². The van der Waals surface area contributed by atoms with E-state index in [2.05, 4.69) is 10.6 Å². The number of nitrogens with zero attached hydrogens (tertiary/aromatic N) is 2. The van der Waals surface area contributed by atoms with Gasteiger partial charge in [0.15, 0.2) is 0 Å². The van der Waals surface area contributed by atoms with Crippen LogP contribution in [-0.4, -0.2) is 33.4 Å². The lowest BCUT2D eigenvalue weighted by atomic mass is 10.1. The van der Waals surface area contributed by atoms with Crippen LogP contribution in [0.4, 0.5) is 0 Å². The molecule has 6 nitrogen and oxygen atoms in total. The first kappa shape index (κ1) is 21.6. The third-order valence-electron chi connectivity index (χ3n) is 4.80. The second-order valence-electron chi connectivity index (χ2n) is 8.58. The molecule has 2 aromatic carbocycles. The van der Waals surface area contributed by atoms with Crippen LogP contribution in [-0.2, 0) is 17.8 Å². The quantitative estimate of drug-likeness (QED) is 0.589. The van der Waals surface area contributed by atoms with Gasteiger partial charge in [-0.2, -0.15) is 0 Å². The highest BCUT2D eigenvalue weighted by atomic mass is 16.2. The highest BCUT2D eigenvalue weighted by Crippen LogP contribution is 2.17. The lowest BCUT2D eigenvalue weighted by Gasteiger charge is -2.21. The Morgan fingerprint density at radius 3 is 2.47 bits per heavy atom. The molecule has 1 heterocycles. The fourth-order valence-corrected chi connectivity index (χ4v) is 3.47. The van der Waals surface area contributed by atoms with Crippen molar-refractivity contribution in [2.24, 2.45) is 0 Å². The maximum Gasteiger partial charge on any atom is 0.251 e. The van der Waals surface area contributed by atoms with Crippen LogP contribution in [0.15, 0.2) is 48.5 Å². The van der Waals surface area contributed by atoms with Crippen LogP contribution < -0.4 is 10.6 Å². The highest BCUT2D eigenvalue weighted by Gasteiger charge is 2.17. The molecule has 0 aliphatic carbocycles. The number of benzene rings is 2. The van der Waals surface area contributed by atoms with Gasteiger partial charge in [0.05, 0.1) is 11.0 Å². The topological polar surface area (TPSA) is 76.0 Å². The number of hydrogen-bond acceptors (Lipinski definition) is 3. The average molecular weight is 407 g/mol. The van der Waals surface area contributed by atoms with Gasteiger partial charge in [-0.25, -0.2) is 4.98 Å². The van der Waals surface area contributed by atoms with Crippen molar-refractivity contribution < 1.29 is 9.59 Å². The molecule has 158 valence electrons. The van der Waals surface area contributed by atoms with Crippen LogP contribution in [0.25, 0.3) is 11.0 Å². The molecule has 3 rings (SSSR count). The molecular weight excluding hydrogens is 376 g/mol. The van der Waals surface area contributed by atoms with Gasteiger partial charge in [-0.05, 0) is 57.9 Å². The zero-order valence-corrected chi connectivity index (χ0v) is 18.2. The first-order chi connectivity index (χ1) is 14.2. The first-order valence-corrected chi connectivity index (χ1v) is 10.3. The van der Waals surface area contributed by atoms with Gasteiger partial charge in [0, 0.05) is 24.1 Å². The lowest BCUT2D eigenvalue weighted by molar-refractivity contribution is -0.123. The molecule has 0 bridgehead atoms. The van der Waals surface area contributed by atoms with Crippen molar-refractivity contribution in [2.75, 3.05) is 6.54 Å². The van der Waals surface area contributed by atoms with Crippen LogP contribution in [0, 0.1) is 6.92 Å². The fourth-order valence-electron chi connectivity index (χ4n) is 3.47. The van der Waals surface area contributed by atoms with E-state index in [-0.39, 0.29) is 23.9 Å². The van der Waals surface area contributed by atoms with Gasteiger partial charge >= 0.3 is 0 Å². The predicted molar refractivity (Wildman–Crippen MR) is 119 cm³/mol. The SMILES string of the molecule is Cc1ccccc1C(=O)NCCCc1nc2ccccc2n1CC(=O)NC(C)(C)C. The number of rotatable bonds is 7. The Hall–Kier alpha value is -3.15. The number of amides is 2. The number of carbonyl (C=O) groups excluding carboxylic acids is 2. The summed E-state index contributed by atoms with van der Waals surface area (Å²) < 4.78 is 1.97. The molecule has 2 N–H and O–H groups in total. The maximum atomic E-state index is 12.5. The van der Waals surface area contributed by atoms with E-state index in [9.17, 15) is 9.59 Å². The van der Waals surface area contributed by atoms with Crippen LogP contribution in [0.3, 0.4) is 0 Å². The molecule has 0 fully saturated rings. The summed E-state index contributed by atoms with van der Waals surface area (Å²) in [6.07, 6.45) is 1.41. The van der Waals surface area contributed by atoms with Gasteiger partial charge in [0.1, 0.15) is 12.4 Å². The zero-order valence-electron chi connectivity index (χ0n) is 18.2. The van der Waals surface area contributed by atoms with Crippen LogP contribution in [0.5, 0.6) is 0 Å². The van der Waals surface area contributed by atoms with E-state index < -0.39 is 0 Å². The van der Waals surface area contributed by atoms with E-state index in [1.54, 1.807) is 0 Å². The summed E-state index contributed by atoms with van der Waals surface area (Å²) >= 11 is 0. The average Bonchev–Trinajstić information content (AvgIpc) is 3.01. The van der Waals surface area contributed by atoms with Gasteiger partial charge < -0.3 is 15.2 Å². The number of aryl methyl sites for hydroxylation is 2. The minimum absolute atomic E-state index is 0.0419. The Morgan fingerprint density at radius 2 is 1.73 bits per heavy atom. The lowest BCUT2D eigenvalue weighted by Crippen LogP contribution is -2.42. The highest BCUT2D eigenvalue weighted by molar-refractivity contribution is 5.95. The van der Waals surface area contributed by atoms with Crippen molar-refractivity contribution in [3.05, 3.63) is 65.5 Å². The Balaban J connectivity index is 1.66. The number of para-hydroxylation sites is 2.